The lowest BCUT2D eigenvalue weighted by Crippen LogP contribution is -2.47. The third-order valence-corrected chi connectivity index (χ3v) is 7.78. The first-order valence-electron chi connectivity index (χ1n) is 11.6. The number of benzene rings is 1. The summed E-state index contributed by atoms with van der Waals surface area (Å²) in [5, 5.41) is 8.73. The second-order valence-corrected chi connectivity index (χ2v) is 11.1. The van der Waals surface area contributed by atoms with E-state index in [0.717, 1.165) is 41.7 Å². The number of hydrogen-bond acceptors (Lipinski definition) is 6. The smallest absolute Gasteiger partial charge is 0.393 e. The number of carbonyl (C=O) groups is 1. The minimum Gasteiger partial charge on any atom is -0.393 e. The lowest BCUT2D eigenvalue weighted by molar-refractivity contribution is 0.151. The molecule has 1 saturated heterocycles. The van der Waals surface area contributed by atoms with E-state index >= 15 is 0 Å². The van der Waals surface area contributed by atoms with Crippen molar-refractivity contribution in [3.63, 3.8) is 0 Å². The molecule has 1 aliphatic heterocycles. The molecule has 7 nitrogen and oxygen atoms in total. The number of nitrogens with zero attached hydrogens (tertiary/aromatic N) is 3. The average Bonchev–Trinajstić information content (AvgIpc) is 3.53. The number of hydrogen-bond donors (Lipinski definition) is 1. The first kappa shape index (κ1) is 24.2. The summed E-state index contributed by atoms with van der Waals surface area (Å²) in [6.45, 7) is 6.68. The second-order valence-electron chi connectivity index (χ2n) is 9.00. The van der Waals surface area contributed by atoms with E-state index in [1.807, 2.05) is 47.0 Å². The molecule has 1 aliphatic rings. The Morgan fingerprint density at radius 1 is 1.20 bits per heavy atom. The topological polar surface area (TPSA) is 72.5 Å². The van der Waals surface area contributed by atoms with E-state index < -0.39 is 6.09 Å². The minimum atomic E-state index is -0.461. The molecule has 4 aromatic rings. The van der Waals surface area contributed by atoms with Crippen LogP contribution >= 0.6 is 34.5 Å². The van der Waals surface area contributed by atoms with Crippen LogP contribution in [0.15, 0.2) is 47.0 Å². The Bertz CT molecular complexity index is 1340. The molecular formula is C25H26Cl2N4O3S. The summed E-state index contributed by atoms with van der Waals surface area (Å²) in [6, 6.07) is 13.6. The molecule has 0 bridgehead atoms. The molecule has 3 aromatic heterocycles. The van der Waals surface area contributed by atoms with Gasteiger partial charge in [0.25, 0.3) is 0 Å². The number of rotatable bonds is 6. The molecule has 35 heavy (non-hydrogen) atoms. The first-order chi connectivity index (χ1) is 16.9. The monoisotopic (exact) mass is 532 g/mol. The van der Waals surface area contributed by atoms with Crippen LogP contribution in [-0.2, 0) is 6.54 Å². The molecule has 4 heterocycles. The van der Waals surface area contributed by atoms with Crippen molar-refractivity contribution in [3.05, 3.63) is 57.5 Å². The van der Waals surface area contributed by atoms with Crippen molar-refractivity contribution < 1.29 is 14.1 Å². The van der Waals surface area contributed by atoms with E-state index in [1.165, 1.54) is 11.3 Å². The van der Waals surface area contributed by atoms with Gasteiger partial charge in [-0.3, -0.25) is 0 Å². The van der Waals surface area contributed by atoms with Crippen LogP contribution in [0, 0.1) is 0 Å². The van der Waals surface area contributed by atoms with E-state index in [2.05, 4.69) is 29.2 Å². The van der Waals surface area contributed by atoms with Gasteiger partial charge in [-0.2, -0.15) is 0 Å². The fraction of sp³-hybridized carbons (Fsp3) is 0.360. The average molecular weight is 533 g/mol. The Hall–Kier alpha value is -2.52. The maximum atomic E-state index is 12.8. The van der Waals surface area contributed by atoms with Crippen LogP contribution in [0.5, 0.6) is 5.88 Å². The van der Waals surface area contributed by atoms with Gasteiger partial charge in [0.1, 0.15) is 5.69 Å². The Kier molecular flexibility index (Phi) is 7.07. The van der Waals surface area contributed by atoms with E-state index in [9.17, 15) is 4.79 Å². The predicted molar refractivity (Wildman–Crippen MR) is 140 cm³/mol. The van der Waals surface area contributed by atoms with Gasteiger partial charge in [-0.25, -0.2) is 4.79 Å². The molecule has 1 fully saturated rings. The predicted octanol–water partition coefficient (Wildman–Crippen LogP) is 6.67. The molecule has 0 atom stereocenters. The number of thiophene rings is 1. The van der Waals surface area contributed by atoms with Gasteiger partial charge in [0.15, 0.2) is 5.76 Å². The molecule has 0 unspecified atom stereocenters. The van der Waals surface area contributed by atoms with Crippen LogP contribution in [0.3, 0.4) is 0 Å². The number of ether oxygens (including phenoxy) is 1. The lowest BCUT2D eigenvalue weighted by Gasteiger charge is -2.34. The highest BCUT2D eigenvalue weighted by atomic mass is 35.5. The van der Waals surface area contributed by atoms with Crippen molar-refractivity contribution in [2.24, 2.45) is 0 Å². The van der Waals surface area contributed by atoms with Crippen molar-refractivity contribution in [1.82, 2.24) is 19.9 Å². The van der Waals surface area contributed by atoms with Gasteiger partial charge >= 0.3 is 6.09 Å². The van der Waals surface area contributed by atoms with Crippen LogP contribution in [0.1, 0.15) is 32.4 Å². The quantitative estimate of drug-likeness (QED) is 0.300. The highest BCUT2D eigenvalue weighted by Crippen LogP contribution is 2.33. The van der Waals surface area contributed by atoms with Crippen molar-refractivity contribution in [1.29, 1.82) is 0 Å². The molecular weight excluding hydrogens is 507 g/mol. The van der Waals surface area contributed by atoms with Crippen molar-refractivity contribution in [2.75, 3.05) is 13.1 Å². The Morgan fingerprint density at radius 3 is 2.71 bits per heavy atom. The largest absolute Gasteiger partial charge is 0.414 e. The number of likely N-dealkylation sites (tertiary alicyclic amines) is 1. The van der Waals surface area contributed by atoms with Gasteiger partial charge < -0.3 is 24.0 Å². The summed E-state index contributed by atoms with van der Waals surface area (Å²) in [5.74, 6) is 1.06. The number of aromatic nitrogens is 2. The van der Waals surface area contributed by atoms with Crippen molar-refractivity contribution >= 4 is 51.5 Å². The molecule has 1 N–H and O–H groups in total. The molecule has 184 valence electrons. The zero-order chi connectivity index (χ0) is 24.5. The van der Waals surface area contributed by atoms with Crippen molar-refractivity contribution in [3.8, 4) is 16.5 Å². The Morgan fingerprint density at radius 2 is 2.00 bits per heavy atom. The number of amides is 1. The summed E-state index contributed by atoms with van der Waals surface area (Å²) < 4.78 is 13.9. The molecule has 10 heteroatoms. The zero-order valence-corrected chi connectivity index (χ0v) is 21.8. The number of halogens is 2. The van der Waals surface area contributed by atoms with Gasteiger partial charge in [0.2, 0.25) is 5.88 Å². The fourth-order valence-corrected chi connectivity index (χ4v) is 5.60. The summed E-state index contributed by atoms with van der Waals surface area (Å²) in [5.41, 5.74) is 1.58. The molecule has 0 aliphatic carbocycles. The highest BCUT2D eigenvalue weighted by Gasteiger charge is 2.24. The summed E-state index contributed by atoms with van der Waals surface area (Å²) >= 11 is 13.7. The summed E-state index contributed by atoms with van der Waals surface area (Å²) in [6.07, 6.45) is 1.35. The summed E-state index contributed by atoms with van der Waals surface area (Å²) in [4.78, 5) is 16.1. The van der Waals surface area contributed by atoms with Gasteiger partial charge in [-0.1, -0.05) is 28.4 Å². The SMILES string of the molecule is CC(C)N1CCC(NC(=O)Oc2cc3cc(Cl)ccc3n2Cc2cc(-c3ccc(Cl)s3)on2)CC1. The van der Waals surface area contributed by atoms with E-state index in [-0.39, 0.29) is 6.04 Å². The summed E-state index contributed by atoms with van der Waals surface area (Å²) in [7, 11) is 0. The molecule has 1 aromatic carbocycles. The number of piperidine rings is 1. The maximum absolute atomic E-state index is 12.8. The van der Waals surface area contributed by atoms with Gasteiger partial charge in [-0.15, -0.1) is 11.3 Å². The highest BCUT2D eigenvalue weighted by molar-refractivity contribution is 7.19. The number of nitrogens with one attached hydrogen (secondary N) is 1. The first-order valence-corrected chi connectivity index (χ1v) is 13.2. The van der Waals surface area contributed by atoms with E-state index in [4.69, 9.17) is 32.5 Å². The van der Waals surface area contributed by atoms with Crippen molar-refractivity contribution in [2.45, 2.75) is 45.3 Å². The third kappa shape index (κ3) is 5.51. The molecule has 1 amide bonds. The number of fused-ring (bicyclic) bond motifs is 1. The van der Waals surface area contributed by atoms with Crippen LogP contribution in [0.4, 0.5) is 4.79 Å². The second kappa shape index (κ2) is 10.2. The number of carbonyl (C=O) groups excluding carboxylic acids is 1. The Balaban J connectivity index is 1.34. The van der Waals surface area contributed by atoms with E-state index in [0.29, 0.717) is 39.3 Å². The third-order valence-electron chi connectivity index (χ3n) is 6.30. The van der Waals surface area contributed by atoms with Crippen LogP contribution in [-0.4, -0.2) is 45.9 Å². The normalized spacial score (nSPS) is 15.2. The molecule has 0 radical (unpaired) electrons. The molecule has 0 saturated carbocycles. The molecule has 5 rings (SSSR count). The van der Waals surface area contributed by atoms with E-state index in [1.54, 1.807) is 0 Å². The van der Waals surface area contributed by atoms with Gasteiger partial charge in [-0.05, 0) is 57.0 Å². The fourth-order valence-electron chi connectivity index (χ4n) is 4.43. The van der Waals surface area contributed by atoms with Crippen LogP contribution in [0.2, 0.25) is 9.36 Å². The molecule has 0 spiro atoms. The van der Waals surface area contributed by atoms with Crippen LogP contribution in [0.25, 0.3) is 21.5 Å². The Labute approximate surface area is 217 Å². The standard InChI is InChI=1S/C25H26Cl2N4O3S/c1-15(2)30-9-7-18(8-10-30)28-25(32)33-24-12-16-11-17(26)3-4-20(16)31(24)14-19-13-21(34-29-19)22-5-6-23(27)35-22/h3-6,11-13,15,18H,7-10,14H2,1-2H3,(H,28,32). The maximum Gasteiger partial charge on any atom is 0.414 e. The van der Waals surface area contributed by atoms with Gasteiger partial charge in [0.05, 0.1) is 21.3 Å². The van der Waals surface area contributed by atoms with Gasteiger partial charge in [0, 0.05) is 47.7 Å². The zero-order valence-electron chi connectivity index (χ0n) is 19.5. The van der Waals surface area contributed by atoms with Crippen LogP contribution < -0.4 is 10.1 Å². The minimum absolute atomic E-state index is 0.0977. The lowest BCUT2D eigenvalue weighted by atomic mass is 10.0.